The van der Waals surface area contributed by atoms with Gasteiger partial charge in [0.2, 0.25) is 5.91 Å². The minimum atomic E-state index is -0.230. The van der Waals surface area contributed by atoms with Crippen LogP contribution >= 0.6 is 0 Å². The second-order valence-corrected chi connectivity index (χ2v) is 11.8. The molecule has 0 aliphatic heterocycles. The number of nitrogens with zero attached hydrogens (tertiary/aromatic N) is 1. The minimum absolute atomic E-state index is 0.0189. The molecule has 1 aromatic carbocycles. The molecule has 204 valence electrons. The summed E-state index contributed by atoms with van der Waals surface area (Å²) < 4.78 is 14.0. The lowest BCUT2D eigenvalue weighted by molar-refractivity contribution is -0.127. The first-order valence-corrected chi connectivity index (χ1v) is 13.8. The molecule has 1 aromatic rings. The van der Waals surface area contributed by atoms with Gasteiger partial charge in [-0.25, -0.2) is 4.39 Å². The molecule has 35 heavy (non-hydrogen) atoms. The van der Waals surface area contributed by atoms with Crippen molar-refractivity contribution in [1.29, 1.82) is 0 Å². The molecule has 0 aliphatic carbocycles. The third-order valence-electron chi connectivity index (χ3n) is 6.44. The largest absolute Gasteiger partial charge is 0.345 e. The Kier molecular flexibility index (Phi) is 18.0. The average molecular weight is 492 g/mol. The summed E-state index contributed by atoms with van der Waals surface area (Å²) in [4.78, 5) is 13.1. The molecule has 0 heterocycles. The highest BCUT2D eigenvalue weighted by Gasteiger charge is 2.23. The van der Waals surface area contributed by atoms with Gasteiger partial charge in [-0.2, -0.15) is 0 Å². The molecule has 0 saturated carbocycles. The number of benzene rings is 1. The fourth-order valence-corrected chi connectivity index (χ4v) is 4.39. The van der Waals surface area contributed by atoms with Crippen LogP contribution in [0, 0.1) is 22.6 Å². The van der Waals surface area contributed by atoms with Gasteiger partial charge >= 0.3 is 0 Å². The first-order chi connectivity index (χ1) is 16.1. The molecule has 2 unspecified atom stereocenters. The second-order valence-electron chi connectivity index (χ2n) is 11.8. The number of carbonyl (C=O) groups excluding carboxylic acids is 1. The van der Waals surface area contributed by atoms with Crippen molar-refractivity contribution in [2.45, 2.75) is 121 Å². The maximum atomic E-state index is 14.0. The average Bonchev–Trinajstić information content (AvgIpc) is 2.76. The van der Waals surface area contributed by atoms with Gasteiger partial charge in [0.1, 0.15) is 5.82 Å². The molecule has 0 radical (unpaired) electrons. The van der Waals surface area contributed by atoms with Gasteiger partial charge in [0.15, 0.2) is 0 Å². The van der Waals surface area contributed by atoms with Gasteiger partial charge in [0, 0.05) is 26.4 Å². The normalized spacial score (nSPS) is 12.9. The van der Waals surface area contributed by atoms with E-state index in [2.05, 4.69) is 62.0 Å². The molecule has 1 amide bonds. The van der Waals surface area contributed by atoms with E-state index >= 15 is 0 Å². The molecule has 0 aromatic heterocycles. The zero-order valence-corrected chi connectivity index (χ0v) is 25.4. The van der Waals surface area contributed by atoms with Gasteiger partial charge in [-0.05, 0) is 54.1 Å². The molecule has 3 heteroatoms. The van der Waals surface area contributed by atoms with Crippen LogP contribution < -0.4 is 0 Å². The lowest BCUT2D eigenvalue weighted by atomic mass is 9.76. The molecule has 2 nitrogen and oxygen atoms in total. The molecule has 2 atom stereocenters. The van der Waals surface area contributed by atoms with Crippen LogP contribution in [0.4, 0.5) is 4.39 Å². The summed E-state index contributed by atoms with van der Waals surface area (Å²) in [6.45, 7) is 28.7. The highest BCUT2D eigenvalue weighted by Crippen LogP contribution is 2.34. The van der Waals surface area contributed by atoms with E-state index in [1.165, 1.54) is 32.3 Å². The second kappa shape index (κ2) is 17.7. The fourth-order valence-electron chi connectivity index (χ4n) is 4.39. The molecule has 0 aliphatic rings. The summed E-state index contributed by atoms with van der Waals surface area (Å²) in [5.41, 5.74) is 2.64. The predicted octanol–water partition coefficient (Wildman–Crippen LogP) is 10.0. The Balaban J connectivity index is 0. The zero-order chi connectivity index (χ0) is 27.8. The minimum Gasteiger partial charge on any atom is -0.345 e. The zero-order valence-electron chi connectivity index (χ0n) is 25.4. The SMILES string of the molecule is C=C(CCCC)C(CN(C)C(C)=O)c1ccccc1F.CC.CCC(C)(C)CC(C)CC(C)(C)C. The fraction of sp³-hybridized carbons (Fsp3) is 0.719. The monoisotopic (exact) mass is 491 g/mol. The van der Waals surface area contributed by atoms with Gasteiger partial charge in [0.25, 0.3) is 0 Å². The standard InChI is InChI=1S/C17H24FNO.C13H28.C2H6/c1-5-6-9-13(2)16(12-19(4)14(3)20)15-10-7-8-11-17(15)18;1-8-13(6,7)10-11(2)9-12(3,4)5;1-2/h7-8,10-11,16H,2,5-6,9,12H2,1,3-4H3;11H,8-10H2,1-7H3;1-2H3. The van der Waals surface area contributed by atoms with E-state index in [1.54, 1.807) is 24.1 Å². The smallest absolute Gasteiger partial charge is 0.219 e. The topological polar surface area (TPSA) is 20.3 Å². The third kappa shape index (κ3) is 16.6. The van der Waals surface area contributed by atoms with E-state index in [0.29, 0.717) is 22.9 Å². The number of amides is 1. The highest BCUT2D eigenvalue weighted by molar-refractivity contribution is 5.73. The van der Waals surface area contributed by atoms with Crippen LogP contribution in [0.5, 0.6) is 0 Å². The van der Waals surface area contributed by atoms with Crippen molar-refractivity contribution in [3.63, 3.8) is 0 Å². The summed E-state index contributed by atoms with van der Waals surface area (Å²) in [5, 5.41) is 0. The van der Waals surface area contributed by atoms with Gasteiger partial charge in [-0.3, -0.25) is 4.79 Å². The van der Waals surface area contributed by atoms with Crippen molar-refractivity contribution in [3.05, 3.63) is 47.8 Å². The van der Waals surface area contributed by atoms with Crippen molar-refractivity contribution >= 4 is 5.91 Å². The summed E-state index contributed by atoms with van der Waals surface area (Å²) >= 11 is 0. The summed E-state index contributed by atoms with van der Waals surface area (Å²) in [5.74, 6) is 0.466. The van der Waals surface area contributed by atoms with Crippen LogP contribution in [0.15, 0.2) is 36.4 Å². The van der Waals surface area contributed by atoms with E-state index in [9.17, 15) is 9.18 Å². The number of hydrogen-bond acceptors (Lipinski definition) is 1. The number of halogens is 1. The van der Waals surface area contributed by atoms with Crippen molar-refractivity contribution < 1.29 is 9.18 Å². The molecule has 0 bridgehead atoms. The molecule has 0 N–H and O–H groups in total. The lowest BCUT2D eigenvalue weighted by Crippen LogP contribution is -2.30. The predicted molar refractivity (Wildman–Crippen MR) is 154 cm³/mol. The number of carbonyl (C=O) groups is 1. The maximum absolute atomic E-state index is 14.0. The van der Waals surface area contributed by atoms with E-state index < -0.39 is 0 Å². The number of hydrogen-bond donors (Lipinski definition) is 0. The van der Waals surface area contributed by atoms with Crippen LogP contribution in [0.25, 0.3) is 0 Å². The van der Waals surface area contributed by atoms with Crippen LogP contribution in [-0.2, 0) is 4.79 Å². The number of unbranched alkanes of at least 4 members (excludes halogenated alkanes) is 1. The number of likely N-dealkylation sites (N-methyl/N-ethyl adjacent to an activating group) is 1. The first kappa shape index (κ1) is 35.5. The van der Waals surface area contributed by atoms with Crippen molar-refractivity contribution in [2.24, 2.45) is 16.7 Å². The van der Waals surface area contributed by atoms with Crippen LogP contribution in [0.3, 0.4) is 0 Å². The van der Waals surface area contributed by atoms with E-state index in [-0.39, 0.29) is 17.6 Å². The maximum Gasteiger partial charge on any atom is 0.219 e. The highest BCUT2D eigenvalue weighted by atomic mass is 19.1. The van der Waals surface area contributed by atoms with Gasteiger partial charge in [0.05, 0.1) is 0 Å². The van der Waals surface area contributed by atoms with Gasteiger partial charge in [-0.15, -0.1) is 0 Å². The van der Waals surface area contributed by atoms with Gasteiger partial charge in [-0.1, -0.05) is 112 Å². The molecule has 1 rings (SSSR count). The Labute approximate surface area is 218 Å². The molecule has 0 spiro atoms. The third-order valence-corrected chi connectivity index (χ3v) is 6.44. The van der Waals surface area contributed by atoms with E-state index in [4.69, 9.17) is 0 Å². The van der Waals surface area contributed by atoms with Crippen LogP contribution in [-0.4, -0.2) is 24.4 Å². The Morgan fingerprint density at radius 3 is 2.03 bits per heavy atom. The Bertz CT molecular complexity index is 717. The summed E-state index contributed by atoms with van der Waals surface area (Å²) in [7, 11) is 1.74. The van der Waals surface area contributed by atoms with E-state index in [0.717, 1.165) is 30.8 Å². The van der Waals surface area contributed by atoms with E-state index in [1.807, 2.05) is 19.9 Å². The summed E-state index contributed by atoms with van der Waals surface area (Å²) in [6, 6.07) is 6.75. The molecule has 0 saturated heterocycles. The van der Waals surface area contributed by atoms with Crippen molar-refractivity contribution in [2.75, 3.05) is 13.6 Å². The molecular formula is C32H58FNO. The Morgan fingerprint density at radius 2 is 1.60 bits per heavy atom. The van der Waals surface area contributed by atoms with Crippen molar-refractivity contribution in [1.82, 2.24) is 4.90 Å². The number of rotatable bonds is 11. The molecule has 0 fully saturated rings. The van der Waals surface area contributed by atoms with Gasteiger partial charge < -0.3 is 4.90 Å². The Hall–Kier alpha value is -1.64. The Morgan fingerprint density at radius 1 is 1.06 bits per heavy atom. The lowest BCUT2D eigenvalue weighted by Gasteiger charge is -2.30. The quantitative estimate of drug-likeness (QED) is 0.282. The van der Waals surface area contributed by atoms with Crippen LogP contribution in [0.2, 0.25) is 0 Å². The van der Waals surface area contributed by atoms with Crippen LogP contribution in [0.1, 0.15) is 126 Å². The van der Waals surface area contributed by atoms with Crippen molar-refractivity contribution in [3.8, 4) is 0 Å². The summed E-state index contributed by atoms with van der Waals surface area (Å²) in [6.07, 6.45) is 6.97. The molecular weight excluding hydrogens is 433 g/mol. The first-order valence-electron chi connectivity index (χ1n) is 13.8.